The first-order valence-corrected chi connectivity index (χ1v) is 9.30. The molecule has 0 atom stereocenters. The van der Waals surface area contributed by atoms with Crippen LogP contribution in [0.25, 0.3) is 11.3 Å². The van der Waals surface area contributed by atoms with Crippen LogP contribution in [-0.2, 0) is 4.74 Å². The van der Waals surface area contributed by atoms with Gasteiger partial charge < -0.3 is 19.1 Å². The number of nitrogens with zero attached hydrogens (tertiary/aromatic N) is 4. The summed E-state index contributed by atoms with van der Waals surface area (Å²) in [4.78, 5) is 11.3. The first kappa shape index (κ1) is 18.7. The van der Waals surface area contributed by atoms with Gasteiger partial charge in [0.15, 0.2) is 0 Å². The summed E-state index contributed by atoms with van der Waals surface area (Å²) in [6.07, 6.45) is 0. The molecular formula is C22H20N4O3. The zero-order chi connectivity index (χ0) is 20.1. The fourth-order valence-electron chi connectivity index (χ4n) is 3.07. The topological polar surface area (TPSA) is 80.5 Å². The monoisotopic (exact) mass is 388 g/mol. The largest absolute Gasteiger partial charge is 0.497 e. The third-order valence-electron chi connectivity index (χ3n) is 4.59. The van der Waals surface area contributed by atoms with Gasteiger partial charge in [-0.25, -0.2) is 4.98 Å². The Morgan fingerprint density at radius 3 is 2.31 bits per heavy atom. The molecule has 146 valence electrons. The zero-order valence-electron chi connectivity index (χ0n) is 16.0. The fraction of sp³-hybridized carbons (Fsp3) is 0.227. The quantitative estimate of drug-likeness (QED) is 0.660. The molecule has 1 saturated heterocycles. The van der Waals surface area contributed by atoms with Crippen LogP contribution in [-0.4, -0.2) is 43.4 Å². The number of aromatic nitrogens is 2. The number of benzene rings is 2. The average Bonchev–Trinajstić information content (AvgIpc) is 2.80. The third kappa shape index (κ3) is 4.13. The van der Waals surface area contributed by atoms with Gasteiger partial charge in [-0.3, -0.25) is 0 Å². The number of hydrogen-bond donors (Lipinski definition) is 0. The molecule has 29 heavy (non-hydrogen) atoms. The predicted octanol–water partition coefficient (Wildman–Crippen LogP) is 3.65. The molecule has 7 nitrogen and oxygen atoms in total. The minimum atomic E-state index is 0.230. The highest BCUT2D eigenvalue weighted by Crippen LogP contribution is 2.33. The van der Waals surface area contributed by atoms with Crippen molar-refractivity contribution in [2.75, 3.05) is 38.3 Å². The molecule has 2 heterocycles. The fourth-order valence-corrected chi connectivity index (χ4v) is 3.07. The Hall–Kier alpha value is -3.63. The van der Waals surface area contributed by atoms with Crippen molar-refractivity contribution < 1.29 is 14.2 Å². The first-order chi connectivity index (χ1) is 14.3. The lowest BCUT2D eigenvalue weighted by Gasteiger charge is -2.27. The lowest BCUT2D eigenvalue weighted by atomic mass is 10.1. The molecule has 1 aliphatic rings. The Bertz CT molecular complexity index is 1010. The van der Waals surface area contributed by atoms with Gasteiger partial charge >= 0.3 is 0 Å². The van der Waals surface area contributed by atoms with Crippen molar-refractivity contribution in [3.8, 4) is 34.7 Å². The highest BCUT2D eigenvalue weighted by atomic mass is 16.5. The minimum Gasteiger partial charge on any atom is -0.497 e. The summed E-state index contributed by atoms with van der Waals surface area (Å²) >= 11 is 0. The van der Waals surface area contributed by atoms with E-state index in [0.29, 0.717) is 49.3 Å². The number of methoxy groups -OCH3 is 1. The summed E-state index contributed by atoms with van der Waals surface area (Å²) in [5.41, 5.74) is 1.68. The van der Waals surface area contributed by atoms with Gasteiger partial charge in [-0.05, 0) is 24.3 Å². The number of hydrogen-bond acceptors (Lipinski definition) is 7. The highest BCUT2D eigenvalue weighted by Gasteiger charge is 2.22. The maximum atomic E-state index is 9.86. The number of rotatable bonds is 5. The van der Waals surface area contributed by atoms with Gasteiger partial charge in [0.2, 0.25) is 11.8 Å². The normalized spacial score (nSPS) is 13.6. The Labute approximate surface area is 169 Å². The van der Waals surface area contributed by atoms with Crippen LogP contribution in [0.2, 0.25) is 0 Å². The standard InChI is InChI=1S/C22H20N4O3/c1-27-17-7-9-18(10-8-17)29-21-19(15-23)20(16-5-3-2-4-6-16)24-22(25-21)26-11-13-28-14-12-26/h2-10H,11-14H2,1H3. The van der Waals surface area contributed by atoms with E-state index in [2.05, 4.69) is 11.1 Å². The molecule has 4 rings (SSSR count). The van der Waals surface area contributed by atoms with Gasteiger partial charge in [-0.2, -0.15) is 10.2 Å². The van der Waals surface area contributed by atoms with Crippen LogP contribution in [0.3, 0.4) is 0 Å². The summed E-state index contributed by atoms with van der Waals surface area (Å²) in [6.45, 7) is 2.58. The molecule has 0 radical (unpaired) electrons. The Morgan fingerprint density at radius 1 is 0.966 bits per heavy atom. The average molecular weight is 388 g/mol. The molecular weight excluding hydrogens is 368 g/mol. The van der Waals surface area contributed by atoms with Gasteiger partial charge in [-0.15, -0.1) is 0 Å². The minimum absolute atomic E-state index is 0.230. The third-order valence-corrected chi connectivity index (χ3v) is 4.59. The first-order valence-electron chi connectivity index (χ1n) is 9.30. The second-order valence-electron chi connectivity index (χ2n) is 6.41. The van der Waals surface area contributed by atoms with Crippen molar-refractivity contribution in [2.24, 2.45) is 0 Å². The van der Waals surface area contributed by atoms with Crippen molar-refractivity contribution in [1.82, 2.24) is 9.97 Å². The Balaban J connectivity index is 1.79. The number of anilines is 1. The van der Waals surface area contributed by atoms with Crippen LogP contribution < -0.4 is 14.4 Å². The second kappa shape index (κ2) is 8.59. The van der Waals surface area contributed by atoms with E-state index in [-0.39, 0.29) is 5.88 Å². The molecule has 1 aromatic heterocycles. The molecule has 2 aromatic carbocycles. The summed E-state index contributed by atoms with van der Waals surface area (Å²) in [6, 6.07) is 19.0. The molecule has 0 N–H and O–H groups in total. The van der Waals surface area contributed by atoms with Crippen molar-refractivity contribution in [3.63, 3.8) is 0 Å². The molecule has 0 spiro atoms. The molecule has 3 aromatic rings. The van der Waals surface area contributed by atoms with Gasteiger partial charge in [0.25, 0.3) is 0 Å². The molecule has 0 aliphatic carbocycles. The molecule has 0 bridgehead atoms. The second-order valence-corrected chi connectivity index (χ2v) is 6.41. The van der Waals surface area contributed by atoms with Crippen LogP contribution >= 0.6 is 0 Å². The van der Waals surface area contributed by atoms with Gasteiger partial charge in [0, 0.05) is 18.7 Å². The molecule has 0 saturated carbocycles. The van der Waals surface area contributed by atoms with E-state index in [0.717, 1.165) is 11.3 Å². The number of ether oxygens (including phenoxy) is 3. The number of nitriles is 1. The van der Waals surface area contributed by atoms with E-state index in [1.54, 1.807) is 31.4 Å². The van der Waals surface area contributed by atoms with Crippen LogP contribution in [0, 0.1) is 11.3 Å². The van der Waals surface area contributed by atoms with Crippen molar-refractivity contribution in [1.29, 1.82) is 5.26 Å². The number of morpholine rings is 1. The maximum Gasteiger partial charge on any atom is 0.242 e. The van der Waals surface area contributed by atoms with Crippen LogP contribution in [0.15, 0.2) is 54.6 Å². The van der Waals surface area contributed by atoms with Crippen LogP contribution in [0.1, 0.15) is 5.56 Å². The van der Waals surface area contributed by atoms with E-state index >= 15 is 0 Å². The highest BCUT2D eigenvalue weighted by molar-refractivity contribution is 5.70. The maximum absolute atomic E-state index is 9.86. The zero-order valence-corrected chi connectivity index (χ0v) is 16.0. The van der Waals surface area contributed by atoms with E-state index in [1.165, 1.54) is 0 Å². The van der Waals surface area contributed by atoms with Gasteiger partial charge in [0.05, 0.1) is 26.0 Å². The predicted molar refractivity (Wildman–Crippen MR) is 108 cm³/mol. The van der Waals surface area contributed by atoms with E-state index < -0.39 is 0 Å². The molecule has 1 fully saturated rings. The van der Waals surface area contributed by atoms with E-state index in [9.17, 15) is 5.26 Å². The van der Waals surface area contributed by atoms with Crippen LogP contribution in [0.5, 0.6) is 17.4 Å². The molecule has 0 amide bonds. The van der Waals surface area contributed by atoms with E-state index in [4.69, 9.17) is 19.2 Å². The summed E-state index contributed by atoms with van der Waals surface area (Å²) in [7, 11) is 1.61. The van der Waals surface area contributed by atoms with E-state index in [1.807, 2.05) is 35.2 Å². The van der Waals surface area contributed by atoms with Crippen molar-refractivity contribution >= 4 is 5.95 Å². The Morgan fingerprint density at radius 2 is 1.66 bits per heavy atom. The smallest absolute Gasteiger partial charge is 0.242 e. The molecule has 7 heteroatoms. The summed E-state index contributed by atoms with van der Waals surface area (Å²) in [5.74, 6) is 2.04. The van der Waals surface area contributed by atoms with Crippen molar-refractivity contribution in [2.45, 2.75) is 0 Å². The van der Waals surface area contributed by atoms with Gasteiger partial charge in [0.1, 0.15) is 23.1 Å². The lowest BCUT2D eigenvalue weighted by molar-refractivity contribution is 0.122. The lowest BCUT2D eigenvalue weighted by Crippen LogP contribution is -2.37. The van der Waals surface area contributed by atoms with Crippen molar-refractivity contribution in [3.05, 3.63) is 60.2 Å². The summed E-state index contributed by atoms with van der Waals surface area (Å²) < 4.78 is 16.6. The van der Waals surface area contributed by atoms with Gasteiger partial charge in [-0.1, -0.05) is 30.3 Å². The SMILES string of the molecule is COc1ccc(Oc2nc(N3CCOCC3)nc(-c3ccccc3)c2C#N)cc1. The molecule has 1 aliphatic heterocycles. The summed E-state index contributed by atoms with van der Waals surface area (Å²) in [5, 5.41) is 9.86. The molecule has 0 unspecified atom stereocenters. The Kier molecular flexibility index (Phi) is 5.54. The van der Waals surface area contributed by atoms with Crippen LogP contribution in [0.4, 0.5) is 5.95 Å².